The van der Waals surface area contributed by atoms with Gasteiger partial charge in [0.25, 0.3) is 11.8 Å². The maximum absolute atomic E-state index is 12.3. The second-order valence-electron chi connectivity index (χ2n) is 5.25. The van der Waals surface area contributed by atoms with Crippen LogP contribution in [-0.2, 0) is 0 Å². The quantitative estimate of drug-likeness (QED) is 0.875. The van der Waals surface area contributed by atoms with Gasteiger partial charge in [-0.3, -0.25) is 19.6 Å². The number of hydrogen-bond acceptors (Lipinski definition) is 5. The molecule has 0 saturated heterocycles. The largest absolute Gasteiger partial charge is 0.495 e. The molecule has 23 heavy (non-hydrogen) atoms. The summed E-state index contributed by atoms with van der Waals surface area (Å²) in [5.41, 5.74) is 1.09. The molecule has 0 unspecified atom stereocenters. The van der Waals surface area contributed by atoms with Crippen LogP contribution in [0.4, 0.5) is 5.69 Å². The highest BCUT2D eigenvalue weighted by Gasteiger charge is 2.24. The van der Waals surface area contributed by atoms with Gasteiger partial charge < -0.3 is 15.4 Å². The van der Waals surface area contributed by atoms with E-state index < -0.39 is 0 Å². The monoisotopic (exact) mass is 312 g/mol. The average Bonchev–Trinajstić information content (AvgIpc) is 3.39. The summed E-state index contributed by atoms with van der Waals surface area (Å²) in [5, 5.41) is 5.55. The molecule has 7 heteroatoms. The van der Waals surface area contributed by atoms with Crippen LogP contribution in [0.1, 0.15) is 33.7 Å². The fraction of sp³-hybridized carbons (Fsp3) is 0.250. The van der Waals surface area contributed by atoms with Crippen LogP contribution >= 0.6 is 0 Å². The van der Waals surface area contributed by atoms with Crippen molar-refractivity contribution in [2.75, 3.05) is 12.4 Å². The van der Waals surface area contributed by atoms with Crippen LogP contribution < -0.4 is 15.4 Å². The van der Waals surface area contributed by atoms with Crippen LogP contribution in [0.25, 0.3) is 0 Å². The molecule has 3 rings (SSSR count). The van der Waals surface area contributed by atoms with Crippen LogP contribution in [0.3, 0.4) is 0 Å². The molecule has 1 aliphatic rings. The van der Waals surface area contributed by atoms with Crippen molar-refractivity contribution in [2.24, 2.45) is 0 Å². The van der Waals surface area contributed by atoms with Gasteiger partial charge in [0.05, 0.1) is 25.2 Å². The van der Waals surface area contributed by atoms with E-state index in [0.717, 1.165) is 12.8 Å². The minimum Gasteiger partial charge on any atom is -0.495 e. The highest BCUT2D eigenvalue weighted by Crippen LogP contribution is 2.19. The zero-order chi connectivity index (χ0) is 16.2. The smallest absolute Gasteiger partial charge is 0.270 e. The SMILES string of the molecule is COc1cncc(NC(=O)c2ccnc(C(=O)NC3CC3)c2)c1. The molecule has 1 saturated carbocycles. The molecule has 118 valence electrons. The zero-order valence-corrected chi connectivity index (χ0v) is 12.6. The van der Waals surface area contributed by atoms with E-state index in [1.807, 2.05) is 0 Å². The minimum atomic E-state index is -0.345. The fourth-order valence-electron chi connectivity index (χ4n) is 1.99. The molecular formula is C16H16N4O3. The maximum atomic E-state index is 12.3. The molecule has 0 spiro atoms. The lowest BCUT2D eigenvalue weighted by atomic mass is 10.2. The van der Waals surface area contributed by atoms with Gasteiger partial charge >= 0.3 is 0 Å². The Hall–Kier alpha value is -2.96. The normalized spacial score (nSPS) is 13.3. The Morgan fingerprint density at radius 3 is 2.78 bits per heavy atom. The van der Waals surface area contributed by atoms with Gasteiger partial charge in [0.15, 0.2) is 0 Å². The summed E-state index contributed by atoms with van der Waals surface area (Å²) >= 11 is 0. The lowest BCUT2D eigenvalue weighted by Crippen LogP contribution is -2.26. The Labute approximate surface area is 133 Å². The summed E-state index contributed by atoms with van der Waals surface area (Å²) in [6, 6.07) is 4.93. The summed E-state index contributed by atoms with van der Waals surface area (Å²) in [7, 11) is 1.52. The van der Waals surface area contributed by atoms with Crippen molar-refractivity contribution in [2.45, 2.75) is 18.9 Å². The zero-order valence-electron chi connectivity index (χ0n) is 12.6. The van der Waals surface area contributed by atoms with Gasteiger partial charge in [0, 0.05) is 23.9 Å². The molecule has 1 fully saturated rings. The van der Waals surface area contributed by atoms with E-state index in [-0.39, 0.29) is 23.6 Å². The van der Waals surface area contributed by atoms with Crippen molar-refractivity contribution >= 4 is 17.5 Å². The predicted octanol–water partition coefficient (Wildman–Crippen LogP) is 1.63. The highest BCUT2D eigenvalue weighted by molar-refractivity contribution is 6.05. The van der Waals surface area contributed by atoms with E-state index in [4.69, 9.17) is 4.74 Å². The number of nitrogens with zero attached hydrogens (tertiary/aromatic N) is 2. The predicted molar refractivity (Wildman–Crippen MR) is 83.5 cm³/mol. The first-order chi connectivity index (χ1) is 11.2. The number of nitrogens with one attached hydrogen (secondary N) is 2. The van der Waals surface area contributed by atoms with E-state index >= 15 is 0 Å². The van der Waals surface area contributed by atoms with Crippen molar-refractivity contribution in [3.8, 4) is 5.75 Å². The fourth-order valence-corrected chi connectivity index (χ4v) is 1.99. The van der Waals surface area contributed by atoms with E-state index in [1.54, 1.807) is 18.3 Å². The standard InChI is InChI=1S/C16H16N4O3/c1-23-13-7-12(8-17-9-13)20-15(21)10-4-5-18-14(6-10)16(22)19-11-2-3-11/h4-9,11H,2-3H2,1H3,(H,19,22)(H,20,21). The number of rotatable bonds is 5. The highest BCUT2D eigenvalue weighted by atomic mass is 16.5. The lowest BCUT2D eigenvalue weighted by molar-refractivity contribution is 0.0946. The topological polar surface area (TPSA) is 93.2 Å². The molecule has 0 bridgehead atoms. The minimum absolute atomic E-state index is 0.230. The van der Waals surface area contributed by atoms with Gasteiger partial charge in [-0.05, 0) is 25.0 Å². The van der Waals surface area contributed by atoms with Gasteiger partial charge in [-0.15, -0.1) is 0 Å². The number of carbonyl (C=O) groups excluding carboxylic acids is 2. The summed E-state index contributed by atoms with van der Waals surface area (Å²) in [5.74, 6) is -0.0600. The number of amides is 2. The molecule has 2 heterocycles. The molecule has 2 amide bonds. The van der Waals surface area contributed by atoms with E-state index in [9.17, 15) is 9.59 Å². The van der Waals surface area contributed by atoms with Crippen molar-refractivity contribution < 1.29 is 14.3 Å². The van der Waals surface area contributed by atoms with Gasteiger partial charge in [-0.2, -0.15) is 0 Å². The molecule has 0 aliphatic heterocycles. The molecule has 7 nitrogen and oxygen atoms in total. The van der Waals surface area contributed by atoms with Crippen LogP contribution in [0.15, 0.2) is 36.8 Å². The third-order valence-corrected chi connectivity index (χ3v) is 3.37. The molecule has 1 aliphatic carbocycles. The van der Waals surface area contributed by atoms with Crippen molar-refractivity contribution in [3.05, 3.63) is 48.0 Å². The first-order valence-corrected chi connectivity index (χ1v) is 7.23. The molecule has 0 aromatic carbocycles. The second kappa shape index (κ2) is 6.43. The Morgan fingerprint density at radius 2 is 2.04 bits per heavy atom. The molecule has 2 aromatic heterocycles. The van der Waals surface area contributed by atoms with Crippen molar-refractivity contribution in [1.82, 2.24) is 15.3 Å². The van der Waals surface area contributed by atoms with Crippen molar-refractivity contribution in [3.63, 3.8) is 0 Å². The van der Waals surface area contributed by atoms with Crippen LogP contribution in [0.2, 0.25) is 0 Å². The van der Waals surface area contributed by atoms with E-state index in [1.165, 1.54) is 25.6 Å². The second-order valence-corrected chi connectivity index (χ2v) is 5.25. The Bertz CT molecular complexity index is 744. The van der Waals surface area contributed by atoms with Gasteiger partial charge in [0.2, 0.25) is 0 Å². The van der Waals surface area contributed by atoms with E-state index in [2.05, 4.69) is 20.6 Å². The number of carbonyl (C=O) groups is 2. The third kappa shape index (κ3) is 3.82. The molecular weight excluding hydrogens is 296 g/mol. The van der Waals surface area contributed by atoms with Crippen LogP contribution in [0.5, 0.6) is 5.75 Å². The van der Waals surface area contributed by atoms with Crippen LogP contribution in [-0.4, -0.2) is 34.9 Å². The summed E-state index contributed by atoms with van der Waals surface area (Å²) in [4.78, 5) is 32.2. The van der Waals surface area contributed by atoms with E-state index in [0.29, 0.717) is 17.0 Å². The summed E-state index contributed by atoms with van der Waals surface area (Å²) in [6.45, 7) is 0. The van der Waals surface area contributed by atoms with Gasteiger partial charge in [-0.1, -0.05) is 0 Å². The average molecular weight is 312 g/mol. The van der Waals surface area contributed by atoms with Gasteiger partial charge in [-0.25, -0.2) is 0 Å². The number of pyridine rings is 2. The third-order valence-electron chi connectivity index (χ3n) is 3.37. The summed E-state index contributed by atoms with van der Waals surface area (Å²) in [6.07, 6.45) is 6.49. The molecule has 0 atom stereocenters. The first-order valence-electron chi connectivity index (χ1n) is 7.23. The van der Waals surface area contributed by atoms with Gasteiger partial charge in [0.1, 0.15) is 11.4 Å². The first kappa shape index (κ1) is 15.0. The molecule has 0 radical (unpaired) electrons. The van der Waals surface area contributed by atoms with Crippen molar-refractivity contribution in [1.29, 1.82) is 0 Å². The molecule has 2 N–H and O–H groups in total. The number of aromatic nitrogens is 2. The number of methoxy groups -OCH3 is 1. The maximum Gasteiger partial charge on any atom is 0.270 e. The Kier molecular flexibility index (Phi) is 4.18. The molecule has 2 aromatic rings. The number of anilines is 1. The lowest BCUT2D eigenvalue weighted by Gasteiger charge is -2.07. The number of hydrogen-bond donors (Lipinski definition) is 2. The Morgan fingerprint density at radius 1 is 1.22 bits per heavy atom. The Balaban J connectivity index is 1.72. The number of ether oxygens (including phenoxy) is 1. The summed E-state index contributed by atoms with van der Waals surface area (Å²) < 4.78 is 5.06. The van der Waals surface area contributed by atoms with Crippen LogP contribution in [0, 0.1) is 0 Å².